The number of allylic oxidation sites excluding steroid dienone is 2. The van der Waals surface area contributed by atoms with E-state index in [4.69, 9.17) is 0 Å². The maximum atomic E-state index is 11.2. The Balaban J connectivity index is 3.16. The molecule has 0 heterocycles. The van der Waals surface area contributed by atoms with Crippen molar-refractivity contribution in [2.24, 2.45) is 0 Å². The van der Waals surface area contributed by atoms with Gasteiger partial charge in [-0.25, -0.2) is 0 Å². The van der Waals surface area contributed by atoms with Crippen LogP contribution in [-0.2, 0) is 11.2 Å². The molecule has 0 spiro atoms. The van der Waals surface area contributed by atoms with Crippen molar-refractivity contribution >= 4 is 17.9 Å². The molecule has 0 aliphatic heterocycles. The minimum absolute atomic E-state index is 0.186. The Hall–Kier alpha value is -1.89. The van der Waals surface area contributed by atoms with E-state index in [0.29, 0.717) is 6.42 Å². The molecule has 1 rings (SSSR count). The molecule has 0 fully saturated rings. The van der Waals surface area contributed by atoms with Crippen molar-refractivity contribution in [2.45, 2.75) is 33.6 Å². The lowest BCUT2D eigenvalue weighted by Gasteiger charge is -2.01. The van der Waals surface area contributed by atoms with E-state index in [1.807, 2.05) is 19.9 Å². The van der Waals surface area contributed by atoms with Gasteiger partial charge in [0.1, 0.15) is 5.78 Å². The lowest BCUT2D eigenvalue weighted by Crippen LogP contribution is -2.25. The van der Waals surface area contributed by atoms with Gasteiger partial charge in [-0.15, -0.1) is 0 Å². The lowest BCUT2D eigenvalue weighted by molar-refractivity contribution is -0.116. The molecule has 0 N–H and O–H groups in total. The second kappa shape index (κ2) is 6.89. The van der Waals surface area contributed by atoms with Gasteiger partial charge < -0.3 is 0 Å². The Kier molecular flexibility index (Phi) is 5.50. The third-order valence-electron chi connectivity index (χ3n) is 2.80. The summed E-state index contributed by atoms with van der Waals surface area (Å²) in [5.41, 5.74) is 3.22. The van der Waals surface area contributed by atoms with Gasteiger partial charge in [0.05, 0.1) is 0 Å². The van der Waals surface area contributed by atoms with Gasteiger partial charge in [-0.05, 0) is 43.2 Å². The van der Waals surface area contributed by atoms with Crippen LogP contribution in [0.3, 0.4) is 0 Å². The number of carbonyl (C=O) groups is 1. The molecule has 0 saturated heterocycles. The molecule has 1 heteroatoms. The van der Waals surface area contributed by atoms with E-state index in [1.54, 1.807) is 6.92 Å². The Morgan fingerprint density at radius 1 is 1.21 bits per heavy atom. The summed E-state index contributed by atoms with van der Waals surface area (Å²) in [6.45, 7) is 13.6. The van der Waals surface area contributed by atoms with Gasteiger partial charge in [0.15, 0.2) is 0 Å². The maximum Gasteiger partial charge on any atom is 0.134 e. The number of hydrogen-bond donors (Lipinski definition) is 0. The monoisotopic (exact) mass is 254 g/mol. The summed E-state index contributed by atoms with van der Waals surface area (Å²) in [6, 6.07) is 6.13. The summed E-state index contributed by atoms with van der Waals surface area (Å²) in [5.74, 6) is 0.186. The predicted molar refractivity (Wildman–Crippen MR) is 83.3 cm³/mol. The van der Waals surface area contributed by atoms with Gasteiger partial charge in [-0.1, -0.05) is 54.7 Å². The smallest absolute Gasteiger partial charge is 0.134 e. The molecule has 0 bridgehead atoms. The number of ketones is 1. The Bertz CT molecular complexity index is 618. The van der Waals surface area contributed by atoms with Crippen LogP contribution in [0.1, 0.15) is 32.8 Å². The minimum Gasteiger partial charge on any atom is -0.300 e. The van der Waals surface area contributed by atoms with E-state index >= 15 is 0 Å². The minimum atomic E-state index is 0.186. The van der Waals surface area contributed by atoms with E-state index in [1.165, 1.54) is 0 Å². The van der Waals surface area contributed by atoms with Crippen molar-refractivity contribution in [1.29, 1.82) is 0 Å². The first-order chi connectivity index (χ1) is 8.92. The molecule has 1 nitrogen and oxygen atoms in total. The van der Waals surface area contributed by atoms with Gasteiger partial charge >= 0.3 is 0 Å². The maximum absolute atomic E-state index is 11.2. The number of benzene rings is 1. The average Bonchev–Trinajstić information content (AvgIpc) is 2.29. The van der Waals surface area contributed by atoms with Crippen LogP contribution in [0.15, 0.2) is 42.5 Å². The summed E-state index contributed by atoms with van der Waals surface area (Å²) in [5, 5.41) is 2.28. The SMILES string of the molecule is C=C(C)CC(=C)/C=c1/ccc(CC(C)=O)c/c1=C/C. The van der Waals surface area contributed by atoms with Crippen LogP contribution < -0.4 is 10.4 Å². The van der Waals surface area contributed by atoms with Crippen LogP contribution in [-0.4, -0.2) is 5.78 Å². The fourth-order valence-electron chi connectivity index (χ4n) is 2.06. The summed E-state index contributed by atoms with van der Waals surface area (Å²) in [6.07, 6.45) is 5.46. The molecule has 1 aromatic rings. The zero-order valence-electron chi connectivity index (χ0n) is 12.1. The first-order valence-corrected chi connectivity index (χ1v) is 6.51. The van der Waals surface area contributed by atoms with Crippen LogP contribution in [0.5, 0.6) is 0 Å². The van der Waals surface area contributed by atoms with Crippen molar-refractivity contribution < 1.29 is 4.79 Å². The van der Waals surface area contributed by atoms with Crippen molar-refractivity contribution in [2.75, 3.05) is 0 Å². The molecule has 1 aromatic carbocycles. The van der Waals surface area contributed by atoms with E-state index in [9.17, 15) is 4.79 Å². The molecule has 0 saturated carbocycles. The molecule has 0 aliphatic rings. The van der Waals surface area contributed by atoms with Crippen molar-refractivity contribution in [3.05, 3.63) is 58.5 Å². The zero-order valence-corrected chi connectivity index (χ0v) is 12.1. The van der Waals surface area contributed by atoms with E-state index in [2.05, 4.69) is 37.4 Å². The van der Waals surface area contributed by atoms with Crippen LogP contribution in [0.4, 0.5) is 0 Å². The largest absolute Gasteiger partial charge is 0.300 e. The Morgan fingerprint density at radius 2 is 1.89 bits per heavy atom. The highest BCUT2D eigenvalue weighted by molar-refractivity contribution is 5.78. The van der Waals surface area contributed by atoms with Gasteiger partial charge in [0, 0.05) is 6.42 Å². The molecule has 0 aromatic heterocycles. The van der Waals surface area contributed by atoms with E-state index in [-0.39, 0.29) is 5.78 Å². The molecular weight excluding hydrogens is 232 g/mol. The normalized spacial score (nSPS) is 12.6. The fraction of sp³-hybridized carbons (Fsp3) is 0.278. The third-order valence-corrected chi connectivity index (χ3v) is 2.80. The first kappa shape index (κ1) is 15.2. The molecule has 0 aliphatic carbocycles. The number of hydrogen-bond acceptors (Lipinski definition) is 1. The molecular formula is C18H22O. The van der Waals surface area contributed by atoms with Crippen molar-refractivity contribution in [1.82, 2.24) is 0 Å². The average molecular weight is 254 g/mol. The molecule has 100 valence electrons. The summed E-state index contributed by atoms with van der Waals surface area (Å²) in [7, 11) is 0. The third kappa shape index (κ3) is 5.09. The molecule has 0 amide bonds. The molecule has 19 heavy (non-hydrogen) atoms. The van der Waals surface area contributed by atoms with Crippen molar-refractivity contribution in [3.63, 3.8) is 0 Å². The van der Waals surface area contributed by atoms with Gasteiger partial charge in [0.2, 0.25) is 0 Å². The molecule has 0 radical (unpaired) electrons. The van der Waals surface area contributed by atoms with E-state index in [0.717, 1.165) is 33.6 Å². The fourth-order valence-corrected chi connectivity index (χ4v) is 2.06. The Labute approximate surface area is 115 Å². The number of Topliss-reactive ketones (excluding diaryl/α,β-unsaturated/α-hetero) is 1. The lowest BCUT2D eigenvalue weighted by atomic mass is 10.0. The topological polar surface area (TPSA) is 17.1 Å². The number of rotatable bonds is 5. The van der Waals surface area contributed by atoms with Crippen LogP contribution in [0, 0.1) is 0 Å². The quantitative estimate of drug-likeness (QED) is 0.738. The van der Waals surface area contributed by atoms with Crippen LogP contribution in [0.2, 0.25) is 0 Å². The highest BCUT2D eigenvalue weighted by Gasteiger charge is 1.98. The molecule has 0 atom stereocenters. The van der Waals surface area contributed by atoms with Crippen LogP contribution in [0.25, 0.3) is 12.2 Å². The standard InChI is InChI=1S/C18H22O/c1-6-17-12-16(11-15(5)19)7-8-18(17)10-14(4)9-13(2)3/h6-8,10,12H,2,4,9,11H2,1,3,5H3/b17-6-,18-10-. The zero-order chi connectivity index (χ0) is 14.4. The van der Waals surface area contributed by atoms with Gasteiger partial charge in [-0.3, -0.25) is 4.79 Å². The van der Waals surface area contributed by atoms with Gasteiger partial charge in [-0.2, -0.15) is 0 Å². The highest BCUT2D eigenvalue weighted by Crippen LogP contribution is 2.06. The van der Waals surface area contributed by atoms with Crippen molar-refractivity contribution in [3.8, 4) is 0 Å². The summed E-state index contributed by atoms with van der Waals surface area (Å²) in [4.78, 5) is 11.2. The highest BCUT2D eigenvalue weighted by atomic mass is 16.1. The van der Waals surface area contributed by atoms with Crippen LogP contribution >= 0.6 is 0 Å². The number of carbonyl (C=O) groups excluding carboxylic acids is 1. The van der Waals surface area contributed by atoms with Gasteiger partial charge in [0.25, 0.3) is 0 Å². The predicted octanol–water partition coefficient (Wildman–Crippen LogP) is 2.92. The summed E-state index contributed by atoms with van der Waals surface area (Å²) >= 11 is 0. The second-order valence-electron chi connectivity index (χ2n) is 5.07. The first-order valence-electron chi connectivity index (χ1n) is 6.51. The second-order valence-corrected chi connectivity index (χ2v) is 5.07. The summed E-state index contributed by atoms with van der Waals surface area (Å²) < 4.78 is 0. The molecule has 0 unspecified atom stereocenters. The Morgan fingerprint density at radius 3 is 2.42 bits per heavy atom. The van der Waals surface area contributed by atoms with E-state index < -0.39 is 0 Å².